The van der Waals surface area contributed by atoms with E-state index in [1.165, 1.54) is 0 Å². The summed E-state index contributed by atoms with van der Waals surface area (Å²) in [5.74, 6) is 0.0574. The number of carbonyl (C=O) groups excluding carboxylic acids is 1. The van der Waals surface area contributed by atoms with Crippen molar-refractivity contribution in [2.75, 3.05) is 27.2 Å². The number of alkyl halides is 3. The van der Waals surface area contributed by atoms with Crippen LogP contribution in [0.15, 0.2) is 4.52 Å². The number of hydrogen-bond acceptors (Lipinski definition) is 4. The number of halogens is 3. The largest absolute Gasteiger partial charge is 0.406 e. The van der Waals surface area contributed by atoms with Crippen molar-refractivity contribution in [1.82, 2.24) is 15.0 Å². The van der Waals surface area contributed by atoms with E-state index in [1.54, 1.807) is 25.8 Å². The molecule has 1 aromatic rings. The maximum atomic E-state index is 12.2. The van der Waals surface area contributed by atoms with Crippen molar-refractivity contribution in [2.24, 2.45) is 0 Å². The molecule has 1 heterocycles. The fraction of sp³-hybridized carbons (Fsp3) is 0.667. The lowest BCUT2D eigenvalue weighted by atomic mass is 10.2. The predicted octanol–water partition coefficient (Wildman–Crippen LogP) is 1.74. The highest BCUT2D eigenvalue weighted by atomic mass is 19.4. The highest BCUT2D eigenvalue weighted by molar-refractivity contribution is 5.78. The van der Waals surface area contributed by atoms with Crippen LogP contribution in [0.5, 0.6) is 0 Å². The molecular formula is C12H18F3N3O2. The van der Waals surface area contributed by atoms with E-state index in [0.29, 0.717) is 22.9 Å². The zero-order valence-corrected chi connectivity index (χ0v) is 11.9. The lowest BCUT2D eigenvalue weighted by molar-refractivity contribution is -0.158. The molecule has 5 nitrogen and oxygen atoms in total. The zero-order valence-electron chi connectivity index (χ0n) is 11.9. The molecule has 0 unspecified atom stereocenters. The lowest BCUT2D eigenvalue weighted by Gasteiger charge is -2.22. The number of nitrogens with zero attached hydrogens (tertiary/aromatic N) is 3. The van der Waals surface area contributed by atoms with Crippen molar-refractivity contribution >= 4 is 5.91 Å². The number of rotatable bonds is 5. The minimum atomic E-state index is -4.38. The van der Waals surface area contributed by atoms with Crippen molar-refractivity contribution in [3.8, 4) is 0 Å². The maximum absolute atomic E-state index is 12.2. The average molecular weight is 293 g/mol. The molecule has 0 fully saturated rings. The summed E-state index contributed by atoms with van der Waals surface area (Å²) in [7, 11) is 2.80. The monoisotopic (exact) mass is 293 g/mol. The van der Waals surface area contributed by atoms with E-state index in [2.05, 4.69) is 5.16 Å². The molecule has 0 spiro atoms. The van der Waals surface area contributed by atoms with E-state index in [-0.39, 0.29) is 6.54 Å². The first-order chi connectivity index (χ1) is 9.10. The smallest absolute Gasteiger partial charge is 0.361 e. The predicted molar refractivity (Wildman–Crippen MR) is 66.0 cm³/mol. The van der Waals surface area contributed by atoms with Gasteiger partial charge in [-0.05, 0) is 20.9 Å². The van der Waals surface area contributed by atoms with Crippen LogP contribution in [0.3, 0.4) is 0 Å². The summed E-state index contributed by atoms with van der Waals surface area (Å²) in [5, 5.41) is 3.79. The van der Waals surface area contributed by atoms with Crippen molar-refractivity contribution in [2.45, 2.75) is 26.6 Å². The SMILES string of the molecule is Cc1noc(C)c1CN(C)CC(=O)N(C)CC(F)(F)F. The Morgan fingerprint density at radius 1 is 1.30 bits per heavy atom. The van der Waals surface area contributed by atoms with Crippen LogP contribution < -0.4 is 0 Å². The van der Waals surface area contributed by atoms with Crippen LogP contribution in [0.1, 0.15) is 17.0 Å². The zero-order chi connectivity index (χ0) is 15.5. The minimum Gasteiger partial charge on any atom is -0.361 e. The number of carbonyl (C=O) groups is 1. The van der Waals surface area contributed by atoms with Gasteiger partial charge in [0.05, 0.1) is 12.2 Å². The number of amides is 1. The van der Waals surface area contributed by atoms with Gasteiger partial charge in [-0.1, -0.05) is 5.16 Å². The van der Waals surface area contributed by atoms with Crippen LogP contribution in [0, 0.1) is 13.8 Å². The Hall–Kier alpha value is -1.57. The molecule has 0 N–H and O–H groups in total. The van der Waals surface area contributed by atoms with Gasteiger partial charge in [-0.15, -0.1) is 0 Å². The van der Waals surface area contributed by atoms with Crippen LogP contribution in [-0.2, 0) is 11.3 Å². The molecule has 114 valence electrons. The first-order valence-corrected chi connectivity index (χ1v) is 6.01. The summed E-state index contributed by atoms with van der Waals surface area (Å²) >= 11 is 0. The lowest BCUT2D eigenvalue weighted by Crippen LogP contribution is -2.41. The van der Waals surface area contributed by atoms with Crippen LogP contribution in [0.25, 0.3) is 0 Å². The molecule has 0 bridgehead atoms. The summed E-state index contributed by atoms with van der Waals surface area (Å²) in [6, 6.07) is 0. The molecule has 0 aromatic carbocycles. The van der Waals surface area contributed by atoms with Crippen molar-refractivity contribution in [3.63, 3.8) is 0 Å². The number of likely N-dealkylation sites (N-methyl/N-ethyl adjacent to an activating group) is 2. The van der Waals surface area contributed by atoms with Crippen molar-refractivity contribution < 1.29 is 22.5 Å². The van der Waals surface area contributed by atoms with Crippen LogP contribution in [0.4, 0.5) is 13.2 Å². The first kappa shape index (κ1) is 16.5. The van der Waals surface area contributed by atoms with Crippen LogP contribution in [-0.4, -0.2) is 54.2 Å². The van der Waals surface area contributed by atoms with Gasteiger partial charge in [0.2, 0.25) is 5.91 Å². The Kier molecular flexibility index (Phi) is 5.15. The van der Waals surface area contributed by atoms with Gasteiger partial charge >= 0.3 is 6.18 Å². The van der Waals surface area contributed by atoms with Crippen LogP contribution >= 0.6 is 0 Å². The topological polar surface area (TPSA) is 49.6 Å². The maximum Gasteiger partial charge on any atom is 0.406 e. The van der Waals surface area contributed by atoms with E-state index in [1.807, 2.05) is 0 Å². The fourth-order valence-corrected chi connectivity index (χ4v) is 1.76. The Labute approximate surface area is 115 Å². The molecule has 1 aromatic heterocycles. The van der Waals surface area contributed by atoms with Crippen molar-refractivity contribution in [3.05, 3.63) is 17.0 Å². The van der Waals surface area contributed by atoms with Crippen molar-refractivity contribution in [1.29, 1.82) is 0 Å². The molecule has 8 heteroatoms. The van der Waals surface area contributed by atoms with Gasteiger partial charge in [-0.25, -0.2) is 0 Å². The van der Waals surface area contributed by atoms with Gasteiger partial charge in [-0.2, -0.15) is 13.2 Å². The highest BCUT2D eigenvalue weighted by Gasteiger charge is 2.31. The highest BCUT2D eigenvalue weighted by Crippen LogP contribution is 2.16. The van der Waals surface area contributed by atoms with E-state index in [9.17, 15) is 18.0 Å². The number of aromatic nitrogens is 1. The average Bonchev–Trinajstić information content (AvgIpc) is 2.58. The number of hydrogen-bond donors (Lipinski definition) is 0. The minimum absolute atomic E-state index is 0.101. The van der Waals surface area contributed by atoms with Gasteiger partial charge < -0.3 is 9.42 Å². The third-order valence-electron chi connectivity index (χ3n) is 2.86. The summed E-state index contributed by atoms with van der Waals surface area (Å²) in [5.41, 5.74) is 1.56. The molecule has 0 aliphatic carbocycles. The normalized spacial score (nSPS) is 12.0. The molecule has 20 heavy (non-hydrogen) atoms. The second-order valence-electron chi connectivity index (χ2n) is 4.84. The molecule has 0 radical (unpaired) electrons. The molecule has 1 amide bonds. The Morgan fingerprint density at radius 3 is 2.35 bits per heavy atom. The molecule has 0 aliphatic rings. The van der Waals surface area contributed by atoms with E-state index in [0.717, 1.165) is 12.6 Å². The summed E-state index contributed by atoms with van der Waals surface area (Å²) in [6.45, 7) is 2.58. The third-order valence-corrected chi connectivity index (χ3v) is 2.86. The molecule has 0 saturated heterocycles. The van der Waals surface area contributed by atoms with Crippen LogP contribution in [0.2, 0.25) is 0 Å². The fourth-order valence-electron chi connectivity index (χ4n) is 1.76. The quantitative estimate of drug-likeness (QED) is 0.830. The Morgan fingerprint density at radius 2 is 1.90 bits per heavy atom. The van der Waals surface area contributed by atoms with Gasteiger partial charge in [0, 0.05) is 19.2 Å². The third kappa shape index (κ3) is 4.84. The summed E-state index contributed by atoms with van der Waals surface area (Å²) in [4.78, 5) is 14.0. The summed E-state index contributed by atoms with van der Waals surface area (Å²) < 4.78 is 41.6. The second kappa shape index (κ2) is 6.25. The summed E-state index contributed by atoms with van der Waals surface area (Å²) in [6.07, 6.45) is -4.38. The van der Waals surface area contributed by atoms with Gasteiger partial charge in [0.1, 0.15) is 12.3 Å². The first-order valence-electron chi connectivity index (χ1n) is 6.01. The standard InChI is InChI=1S/C12H18F3N3O2/c1-8-10(9(2)20-16-8)5-17(3)6-11(19)18(4)7-12(13,14)15/h5-7H2,1-4H3. The Balaban J connectivity index is 2.54. The molecule has 0 aliphatic heterocycles. The molecule has 0 saturated carbocycles. The second-order valence-corrected chi connectivity index (χ2v) is 4.84. The molecule has 0 atom stereocenters. The van der Waals surface area contributed by atoms with E-state index in [4.69, 9.17) is 4.52 Å². The van der Waals surface area contributed by atoms with Gasteiger partial charge in [-0.3, -0.25) is 9.69 Å². The number of aryl methyl sites for hydroxylation is 2. The Bertz CT molecular complexity index is 452. The molecular weight excluding hydrogens is 275 g/mol. The van der Waals surface area contributed by atoms with E-state index < -0.39 is 18.6 Å². The molecule has 1 rings (SSSR count). The van der Waals surface area contributed by atoms with Gasteiger partial charge in [0.15, 0.2) is 0 Å². The van der Waals surface area contributed by atoms with Gasteiger partial charge in [0.25, 0.3) is 0 Å². The van der Waals surface area contributed by atoms with E-state index >= 15 is 0 Å².